The smallest absolute Gasteiger partial charge is 0.303 e. The van der Waals surface area contributed by atoms with Gasteiger partial charge in [0.05, 0.1) is 63.5 Å². The van der Waals surface area contributed by atoms with Crippen LogP contribution in [0.5, 0.6) is 0 Å². The molecule has 0 aliphatic heterocycles. The van der Waals surface area contributed by atoms with E-state index >= 15 is 0 Å². The molecule has 0 aliphatic carbocycles. The topological polar surface area (TPSA) is 287 Å². The van der Waals surface area contributed by atoms with Crippen molar-refractivity contribution in [3.8, 4) is 0 Å². The second-order valence-corrected chi connectivity index (χ2v) is 18.7. The van der Waals surface area contributed by atoms with Gasteiger partial charge in [0.15, 0.2) is 0 Å². The average Bonchev–Trinajstić information content (AvgIpc) is 3.36. The Balaban J connectivity index is 3.89. The van der Waals surface area contributed by atoms with E-state index in [1.807, 2.05) is 0 Å². The molecule has 0 unspecified atom stereocenters. The van der Waals surface area contributed by atoms with Crippen molar-refractivity contribution >= 4 is 73.3 Å². The molecule has 0 aromatic rings. The summed E-state index contributed by atoms with van der Waals surface area (Å²) in [6.45, 7) is 8.62. The van der Waals surface area contributed by atoms with Crippen LogP contribution in [0.25, 0.3) is 0 Å². The zero-order valence-corrected chi connectivity index (χ0v) is 46.4. The predicted molar refractivity (Wildman–Crippen MR) is 287 cm³/mol. The average molecular weight is 1160 g/mol. The first-order valence-electron chi connectivity index (χ1n) is 26.4. The van der Waals surface area contributed by atoms with Gasteiger partial charge in [-0.3, -0.25) is 33.6 Å². The van der Waals surface area contributed by atoms with Crippen LogP contribution in [-0.4, -0.2) is 161 Å². The van der Waals surface area contributed by atoms with Gasteiger partial charge in [0.1, 0.15) is 12.1 Å². The molecule has 20 nitrogen and oxygen atoms in total. The molecule has 418 valence electrons. The number of nitrogens with two attached hydrogens (primary N) is 1. The molecule has 0 heterocycles. The summed E-state index contributed by atoms with van der Waals surface area (Å²) >= 11 is 6.15. The summed E-state index contributed by atoms with van der Waals surface area (Å²) < 4.78 is 21.9. The Morgan fingerprint density at radius 3 is 1.32 bits per heavy atom. The molecule has 6 amide bonds. The summed E-state index contributed by atoms with van der Waals surface area (Å²) in [6.07, 6.45) is 20.8. The number of carbonyl (C=O) groups is 7. The van der Waals surface area contributed by atoms with Gasteiger partial charge < -0.3 is 67.0 Å². The van der Waals surface area contributed by atoms with Crippen LogP contribution in [0.3, 0.4) is 0 Å². The van der Waals surface area contributed by atoms with Crippen LogP contribution in [0.2, 0.25) is 0 Å². The Labute approximate surface area is 446 Å². The van der Waals surface area contributed by atoms with Gasteiger partial charge >= 0.3 is 5.97 Å². The third-order valence-electron chi connectivity index (χ3n) is 11.2. The zero-order chi connectivity index (χ0) is 53.1. The highest BCUT2D eigenvalue weighted by atomic mass is 79.9. The van der Waals surface area contributed by atoms with Crippen molar-refractivity contribution < 1.29 is 57.6 Å². The number of alkyl halides is 2. The number of amides is 6. The minimum Gasteiger partial charge on any atom is -0.481 e. The highest BCUT2D eigenvalue weighted by Gasteiger charge is 2.20. The molecule has 10 N–H and O–H groups in total. The van der Waals surface area contributed by atoms with E-state index in [1.165, 1.54) is 57.8 Å². The van der Waals surface area contributed by atoms with Gasteiger partial charge in [-0.2, -0.15) is 0 Å². The number of carboxylic acids is 1. The van der Waals surface area contributed by atoms with Crippen LogP contribution < -0.4 is 43.0 Å². The van der Waals surface area contributed by atoms with E-state index in [2.05, 4.69) is 75.7 Å². The van der Waals surface area contributed by atoms with Crippen LogP contribution >= 0.6 is 31.9 Å². The molecule has 0 bridgehead atoms. The number of nitrogens with one attached hydrogen (secondary N) is 7. The molecule has 0 saturated heterocycles. The SMILES string of the molecule is C=C(CCCCCCCCCCCCCCCCC(=O)O)N[C@@H](CCCCNC(=O)CCOCCOCCNC(=O)CCOCCOCCNC(=O)[C@H](CCCNC(=O)CBr)NC(=O)CBr)C(=O)NCCN. The summed E-state index contributed by atoms with van der Waals surface area (Å²) in [5.74, 6) is -1.89. The summed E-state index contributed by atoms with van der Waals surface area (Å²) in [7, 11) is 0. The Morgan fingerprint density at radius 1 is 0.417 bits per heavy atom. The number of carbonyl (C=O) groups excluding carboxylic acids is 6. The van der Waals surface area contributed by atoms with Crippen molar-refractivity contribution in [2.45, 2.75) is 160 Å². The van der Waals surface area contributed by atoms with Gasteiger partial charge in [0.2, 0.25) is 35.4 Å². The van der Waals surface area contributed by atoms with Crippen molar-refractivity contribution in [3.05, 3.63) is 12.3 Å². The second-order valence-electron chi connectivity index (χ2n) is 17.5. The van der Waals surface area contributed by atoms with Gasteiger partial charge in [0, 0.05) is 64.2 Å². The van der Waals surface area contributed by atoms with Gasteiger partial charge in [-0.15, -0.1) is 0 Å². The largest absolute Gasteiger partial charge is 0.481 e. The number of ether oxygens (including phenoxy) is 4. The van der Waals surface area contributed by atoms with Crippen LogP contribution in [0.1, 0.15) is 148 Å². The molecule has 0 spiro atoms. The zero-order valence-electron chi connectivity index (χ0n) is 43.2. The quantitative estimate of drug-likeness (QED) is 0.0302. The normalized spacial score (nSPS) is 11.8. The lowest BCUT2D eigenvalue weighted by molar-refractivity contribution is -0.137. The number of hydrogen-bond acceptors (Lipinski definition) is 13. The molecule has 0 aromatic heterocycles. The van der Waals surface area contributed by atoms with Gasteiger partial charge in [-0.25, -0.2) is 0 Å². The number of halogens is 2. The fourth-order valence-corrected chi connectivity index (χ4v) is 7.57. The first-order chi connectivity index (χ1) is 34.9. The Bertz CT molecular complexity index is 1450. The maximum Gasteiger partial charge on any atom is 0.303 e. The number of aliphatic carboxylic acids is 1. The molecule has 72 heavy (non-hydrogen) atoms. The van der Waals surface area contributed by atoms with Gasteiger partial charge in [0.25, 0.3) is 0 Å². The number of allylic oxidation sites excluding steroid dienone is 1. The number of carboxylic acid groups (broad SMARTS) is 1. The molecule has 0 fully saturated rings. The first kappa shape index (κ1) is 68.6. The lowest BCUT2D eigenvalue weighted by Gasteiger charge is -2.21. The van der Waals surface area contributed by atoms with Crippen LogP contribution in [0, 0.1) is 0 Å². The Hall–Kier alpha value is -3.41. The van der Waals surface area contributed by atoms with E-state index in [1.54, 1.807) is 0 Å². The van der Waals surface area contributed by atoms with Gasteiger partial charge in [-0.05, 0) is 51.4 Å². The molecule has 0 radical (unpaired) electrons. The molecule has 2 atom stereocenters. The maximum atomic E-state index is 12.8. The number of hydrogen-bond donors (Lipinski definition) is 9. The van der Waals surface area contributed by atoms with E-state index < -0.39 is 18.1 Å². The molecule has 0 rings (SSSR count). The lowest BCUT2D eigenvalue weighted by Crippen LogP contribution is -2.48. The lowest BCUT2D eigenvalue weighted by atomic mass is 10.0. The number of rotatable bonds is 53. The number of unbranched alkanes of at least 4 members (excludes halogenated alkanes) is 14. The molecule has 0 aromatic carbocycles. The Kier molecular flexibility index (Phi) is 48.7. The third kappa shape index (κ3) is 46.4. The van der Waals surface area contributed by atoms with Crippen LogP contribution in [0.15, 0.2) is 12.3 Å². The van der Waals surface area contributed by atoms with Crippen molar-refractivity contribution in [2.75, 3.05) is 103 Å². The molecule has 0 aliphatic rings. The fraction of sp³-hybridized carbons (Fsp3) is 0.820. The summed E-state index contributed by atoms with van der Waals surface area (Å²) in [6, 6.07) is -1.14. The first-order valence-corrected chi connectivity index (χ1v) is 28.6. The monoisotopic (exact) mass is 1150 g/mol. The van der Waals surface area contributed by atoms with Crippen LogP contribution in [0.4, 0.5) is 0 Å². The van der Waals surface area contributed by atoms with Crippen molar-refractivity contribution in [3.63, 3.8) is 0 Å². The van der Waals surface area contributed by atoms with E-state index in [9.17, 15) is 33.6 Å². The van der Waals surface area contributed by atoms with E-state index in [0.29, 0.717) is 71.8 Å². The molecular formula is C50H92Br2N8O12. The van der Waals surface area contributed by atoms with Crippen molar-refractivity contribution in [1.82, 2.24) is 37.2 Å². The maximum absolute atomic E-state index is 12.8. The van der Waals surface area contributed by atoms with Gasteiger partial charge in [-0.1, -0.05) is 115 Å². The second kappa shape index (κ2) is 51.1. The van der Waals surface area contributed by atoms with E-state index in [0.717, 1.165) is 57.1 Å². The highest BCUT2D eigenvalue weighted by molar-refractivity contribution is 9.09. The summed E-state index contributed by atoms with van der Waals surface area (Å²) in [5.41, 5.74) is 6.47. The summed E-state index contributed by atoms with van der Waals surface area (Å²) in [4.78, 5) is 83.6. The minimum absolute atomic E-state index is 0.0653. The van der Waals surface area contributed by atoms with E-state index in [4.69, 9.17) is 29.8 Å². The minimum atomic E-state index is -0.736. The van der Waals surface area contributed by atoms with E-state index in [-0.39, 0.29) is 105 Å². The Morgan fingerprint density at radius 2 is 0.819 bits per heavy atom. The highest BCUT2D eigenvalue weighted by Crippen LogP contribution is 2.15. The molecular weight excluding hydrogens is 1060 g/mol. The predicted octanol–water partition coefficient (Wildman–Crippen LogP) is 4.40. The molecule has 22 heteroatoms. The third-order valence-corrected chi connectivity index (χ3v) is 12.2. The molecule has 0 saturated carbocycles. The van der Waals surface area contributed by atoms with Crippen molar-refractivity contribution in [1.29, 1.82) is 0 Å². The fourth-order valence-electron chi connectivity index (χ4n) is 7.21. The van der Waals surface area contributed by atoms with Crippen molar-refractivity contribution in [2.24, 2.45) is 5.73 Å². The summed E-state index contributed by atoms with van der Waals surface area (Å²) in [5, 5.41) is 28.9. The standard InChI is InChI=1S/C50H92Br2N8O12/c1-41(19-14-12-10-8-6-4-2-3-5-7-9-11-13-15-22-48(65)66)59-42(49(67)57-28-25-53)20-16-17-26-54-44(61)23-31-69-35-37-71-33-29-56-45(62)24-32-70-36-38-72-34-30-58-50(68)43(60-47(64)40-52)21-18-27-55-46(63)39-51/h42-43,59H,1-40,53H2,(H,54,61)(H,55,63)(H,56,62)(H,57,67)(H,58,68)(H,60,64)(H,65,66)/t42-,43-/m0/s1. The van der Waals surface area contributed by atoms with Crippen LogP contribution in [-0.2, 0) is 52.5 Å².